The van der Waals surface area contributed by atoms with Crippen LogP contribution in [0.3, 0.4) is 0 Å². The first-order valence-electron chi connectivity index (χ1n) is 3.68. The van der Waals surface area contributed by atoms with Crippen LogP contribution in [-0.4, -0.2) is 26.9 Å². The number of nitrogens with one attached hydrogen (secondary N) is 1. The molecule has 82 valence electrons. The van der Waals surface area contributed by atoms with Crippen LogP contribution in [0.1, 0.15) is 12.8 Å². The van der Waals surface area contributed by atoms with Crippen molar-refractivity contribution in [3.63, 3.8) is 0 Å². The van der Waals surface area contributed by atoms with E-state index in [2.05, 4.69) is 0 Å². The summed E-state index contributed by atoms with van der Waals surface area (Å²) < 4.78 is 58.4. The molecule has 0 atom stereocenters. The Balaban J connectivity index is 3.85. The number of sulfonamides is 1. The van der Waals surface area contributed by atoms with E-state index in [0.29, 0.717) is 0 Å². The van der Waals surface area contributed by atoms with Gasteiger partial charge in [0.1, 0.15) is 0 Å². The summed E-state index contributed by atoms with van der Waals surface area (Å²) in [5.41, 5.74) is 0. The SMILES string of the molecule is N#CCNS(=O)(=O)CCCC(F)(F)F. The minimum atomic E-state index is -4.34. The van der Waals surface area contributed by atoms with Gasteiger partial charge in [0.05, 0.1) is 18.4 Å². The molecule has 0 rings (SSSR count). The topological polar surface area (TPSA) is 70.0 Å². The standard InChI is InChI=1S/C6H9F3N2O2S/c7-6(8,9)2-1-5-14(12,13)11-4-3-10/h11H,1-2,4-5H2. The third-order valence-corrected chi connectivity index (χ3v) is 2.65. The molecule has 0 aliphatic heterocycles. The van der Waals surface area contributed by atoms with Gasteiger partial charge in [-0.25, -0.2) is 13.1 Å². The molecule has 0 bridgehead atoms. The summed E-state index contributed by atoms with van der Waals surface area (Å²) in [5, 5.41) is 8.03. The molecule has 0 heterocycles. The molecule has 0 unspecified atom stereocenters. The summed E-state index contributed by atoms with van der Waals surface area (Å²) in [6.07, 6.45) is -5.98. The van der Waals surface area contributed by atoms with Crippen LogP contribution in [0.15, 0.2) is 0 Å². The van der Waals surface area contributed by atoms with Crippen molar-refractivity contribution in [3.05, 3.63) is 0 Å². The Morgan fingerprint density at radius 1 is 1.36 bits per heavy atom. The molecule has 0 aliphatic carbocycles. The molecule has 0 aromatic rings. The number of nitriles is 1. The summed E-state index contributed by atoms with van der Waals surface area (Å²) >= 11 is 0. The van der Waals surface area contributed by atoms with Gasteiger partial charge in [0.25, 0.3) is 0 Å². The zero-order chi connectivity index (χ0) is 11.2. The summed E-state index contributed by atoms with van der Waals surface area (Å²) in [4.78, 5) is 0. The second-order valence-electron chi connectivity index (χ2n) is 2.52. The highest BCUT2D eigenvalue weighted by molar-refractivity contribution is 7.89. The number of rotatable bonds is 5. The molecule has 0 aliphatic rings. The molecule has 0 aromatic carbocycles. The maximum atomic E-state index is 11.6. The maximum absolute atomic E-state index is 11.6. The van der Waals surface area contributed by atoms with Gasteiger partial charge in [-0.05, 0) is 6.42 Å². The van der Waals surface area contributed by atoms with E-state index < -0.39 is 41.3 Å². The molecule has 0 spiro atoms. The van der Waals surface area contributed by atoms with E-state index in [1.165, 1.54) is 6.07 Å². The summed E-state index contributed by atoms with van der Waals surface area (Å²) in [7, 11) is -3.74. The second-order valence-corrected chi connectivity index (χ2v) is 4.44. The molecule has 8 heteroatoms. The molecule has 0 aromatic heterocycles. The normalized spacial score (nSPS) is 12.4. The van der Waals surface area contributed by atoms with Gasteiger partial charge in [-0.2, -0.15) is 18.4 Å². The highest BCUT2D eigenvalue weighted by Crippen LogP contribution is 2.21. The van der Waals surface area contributed by atoms with E-state index in [-0.39, 0.29) is 0 Å². The number of nitrogens with zero attached hydrogens (tertiary/aromatic N) is 1. The van der Waals surface area contributed by atoms with Crippen LogP contribution in [0.25, 0.3) is 0 Å². The Labute approximate surface area is 79.8 Å². The van der Waals surface area contributed by atoms with Crippen molar-refractivity contribution in [2.75, 3.05) is 12.3 Å². The van der Waals surface area contributed by atoms with Crippen molar-refractivity contribution in [1.82, 2.24) is 4.72 Å². The molecule has 0 radical (unpaired) electrons. The van der Waals surface area contributed by atoms with Gasteiger partial charge in [0.2, 0.25) is 10.0 Å². The van der Waals surface area contributed by atoms with Crippen molar-refractivity contribution in [3.8, 4) is 6.07 Å². The number of alkyl halides is 3. The van der Waals surface area contributed by atoms with Crippen LogP contribution in [-0.2, 0) is 10.0 Å². The molecule has 0 amide bonds. The second kappa shape index (κ2) is 5.17. The quantitative estimate of drug-likeness (QED) is 0.709. The van der Waals surface area contributed by atoms with Crippen LogP contribution in [0, 0.1) is 11.3 Å². The van der Waals surface area contributed by atoms with Crippen molar-refractivity contribution >= 4 is 10.0 Å². The third kappa shape index (κ3) is 7.82. The molecular formula is C6H9F3N2O2S. The van der Waals surface area contributed by atoms with Crippen LogP contribution in [0.5, 0.6) is 0 Å². The zero-order valence-corrected chi connectivity index (χ0v) is 7.95. The van der Waals surface area contributed by atoms with Crippen molar-refractivity contribution < 1.29 is 21.6 Å². The van der Waals surface area contributed by atoms with Crippen LogP contribution in [0.4, 0.5) is 13.2 Å². The molecule has 0 saturated carbocycles. The number of hydrogen-bond acceptors (Lipinski definition) is 3. The Morgan fingerprint density at radius 2 is 1.93 bits per heavy atom. The summed E-state index contributed by atoms with van der Waals surface area (Å²) in [5.74, 6) is -0.617. The van der Waals surface area contributed by atoms with Gasteiger partial charge in [-0.3, -0.25) is 0 Å². The monoisotopic (exact) mass is 230 g/mol. The Hall–Kier alpha value is -0.810. The molecule has 4 nitrogen and oxygen atoms in total. The lowest BCUT2D eigenvalue weighted by atomic mass is 10.3. The van der Waals surface area contributed by atoms with Crippen molar-refractivity contribution in [2.24, 2.45) is 0 Å². The van der Waals surface area contributed by atoms with E-state index in [1.807, 2.05) is 4.72 Å². The average Bonchev–Trinajstić information content (AvgIpc) is 1.98. The van der Waals surface area contributed by atoms with Gasteiger partial charge in [0.15, 0.2) is 0 Å². The van der Waals surface area contributed by atoms with E-state index in [1.54, 1.807) is 0 Å². The lowest BCUT2D eigenvalue weighted by molar-refractivity contribution is -0.134. The van der Waals surface area contributed by atoms with E-state index >= 15 is 0 Å². The molecular weight excluding hydrogens is 221 g/mol. The van der Waals surface area contributed by atoms with Crippen LogP contribution >= 0.6 is 0 Å². The smallest absolute Gasteiger partial charge is 0.212 e. The van der Waals surface area contributed by atoms with Crippen LogP contribution < -0.4 is 4.72 Å². The molecule has 0 saturated heterocycles. The van der Waals surface area contributed by atoms with Gasteiger partial charge >= 0.3 is 6.18 Å². The van der Waals surface area contributed by atoms with Gasteiger partial charge in [-0.1, -0.05) is 0 Å². The predicted octanol–water partition coefficient (Wildman–Crippen LogP) is 0.772. The summed E-state index contributed by atoms with van der Waals surface area (Å²) in [6, 6.07) is 1.52. The Bertz CT molecular complexity index is 304. The van der Waals surface area contributed by atoms with Crippen molar-refractivity contribution in [1.29, 1.82) is 5.26 Å². The minimum Gasteiger partial charge on any atom is -0.212 e. The van der Waals surface area contributed by atoms with E-state index in [0.717, 1.165) is 0 Å². The fourth-order valence-corrected chi connectivity index (χ4v) is 1.63. The number of halogens is 3. The minimum absolute atomic E-state index is 0.422. The first-order valence-corrected chi connectivity index (χ1v) is 5.33. The zero-order valence-electron chi connectivity index (χ0n) is 7.13. The lowest BCUT2D eigenvalue weighted by Gasteiger charge is -2.06. The fourth-order valence-electron chi connectivity index (χ4n) is 0.677. The molecule has 14 heavy (non-hydrogen) atoms. The van der Waals surface area contributed by atoms with E-state index in [4.69, 9.17) is 5.26 Å². The van der Waals surface area contributed by atoms with E-state index in [9.17, 15) is 21.6 Å². The molecule has 1 N–H and O–H groups in total. The molecule has 0 fully saturated rings. The third-order valence-electron chi connectivity index (χ3n) is 1.24. The lowest BCUT2D eigenvalue weighted by Crippen LogP contribution is -2.27. The first kappa shape index (κ1) is 13.2. The predicted molar refractivity (Wildman–Crippen MR) is 42.7 cm³/mol. The maximum Gasteiger partial charge on any atom is 0.389 e. The number of hydrogen-bond donors (Lipinski definition) is 1. The van der Waals surface area contributed by atoms with Crippen LogP contribution in [0.2, 0.25) is 0 Å². The first-order chi connectivity index (χ1) is 6.27. The Kier molecular flexibility index (Phi) is 4.87. The van der Waals surface area contributed by atoms with Crippen molar-refractivity contribution in [2.45, 2.75) is 19.0 Å². The highest BCUT2D eigenvalue weighted by atomic mass is 32.2. The average molecular weight is 230 g/mol. The largest absolute Gasteiger partial charge is 0.389 e. The van der Waals surface area contributed by atoms with Gasteiger partial charge < -0.3 is 0 Å². The van der Waals surface area contributed by atoms with Gasteiger partial charge in [-0.15, -0.1) is 0 Å². The Morgan fingerprint density at radius 3 is 2.36 bits per heavy atom. The summed E-state index contributed by atoms with van der Waals surface area (Å²) in [6.45, 7) is -0.422. The van der Waals surface area contributed by atoms with Gasteiger partial charge in [0, 0.05) is 6.42 Å². The fraction of sp³-hybridized carbons (Fsp3) is 0.833. The highest BCUT2D eigenvalue weighted by Gasteiger charge is 2.27.